The molecule has 0 saturated heterocycles. The van der Waals surface area contributed by atoms with E-state index < -0.39 is 0 Å². The van der Waals surface area contributed by atoms with Gasteiger partial charge in [-0.15, -0.1) is 11.8 Å². The van der Waals surface area contributed by atoms with Gasteiger partial charge in [-0.25, -0.2) is 0 Å². The normalized spacial score (nSPS) is 12.3. The lowest BCUT2D eigenvalue weighted by Gasteiger charge is -2.12. The minimum Gasteiger partial charge on any atom is -0.330 e. The lowest BCUT2D eigenvalue weighted by molar-refractivity contribution is -0.113. The minimum atomic E-state index is -0.108. The quantitative estimate of drug-likeness (QED) is 0.840. The van der Waals surface area contributed by atoms with Crippen molar-refractivity contribution in [3.63, 3.8) is 0 Å². The first-order valence-corrected chi connectivity index (χ1v) is 7.82. The number of benzene rings is 1. The Bertz CT molecular complexity index is 455. The van der Waals surface area contributed by atoms with Gasteiger partial charge in [0.15, 0.2) is 0 Å². The van der Waals surface area contributed by atoms with Crippen molar-refractivity contribution < 1.29 is 4.79 Å². The van der Waals surface area contributed by atoms with Crippen LogP contribution in [0.25, 0.3) is 0 Å². The van der Waals surface area contributed by atoms with E-state index in [1.807, 2.05) is 13.0 Å². The Labute approximate surface area is 128 Å². The molecule has 3 N–H and O–H groups in total. The van der Waals surface area contributed by atoms with Gasteiger partial charge >= 0.3 is 0 Å². The van der Waals surface area contributed by atoms with Crippen LogP contribution in [0, 0.1) is 6.92 Å². The fourth-order valence-electron chi connectivity index (χ4n) is 1.48. The van der Waals surface area contributed by atoms with Gasteiger partial charge in [0.05, 0.1) is 21.5 Å². The van der Waals surface area contributed by atoms with Crippen LogP contribution in [0.1, 0.15) is 18.9 Å². The van der Waals surface area contributed by atoms with E-state index in [0.29, 0.717) is 33.3 Å². The number of nitrogens with one attached hydrogen (secondary N) is 1. The third-order valence-electron chi connectivity index (χ3n) is 2.62. The number of rotatable bonds is 6. The highest BCUT2D eigenvalue weighted by atomic mass is 35.5. The summed E-state index contributed by atoms with van der Waals surface area (Å²) in [6.45, 7) is 4.55. The van der Waals surface area contributed by atoms with Crippen molar-refractivity contribution in [2.24, 2.45) is 5.73 Å². The highest BCUT2D eigenvalue weighted by Gasteiger charge is 2.12. The summed E-state index contributed by atoms with van der Waals surface area (Å²) in [5.74, 6) is 0.255. The maximum absolute atomic E-state index is 11.9. The fraction of sp³-hybridized carbons (Fsp3) is 0.462. The van der Waals surface area contributed by atoms with Gasteiger partial charge in [0.2, 0.25) is 5.91 Å². The lowest BCUT2D eigenvalue weighted by Crippen LogP contribution is -2.17. The molecular formula is C13H18Cl2N2OS. The average Bonchev–Trinajstić information content (AvgIpc) is 2.37. The third-order valence-corrected chi connectivity index (χ3v) is 4.66. The zero-order chi connectivity index (χ0) is 14.4. The molecule has 0 bridgehead atoms. The highest BCUT2D eigenvalue weighted by molar-refractivity contribution is 8.00. The molecule has 1 atom stereocenters. The maximum Gasteiger partial charge on any atom is 0.234 e. The standard InChI is InChI=1S/C13H18Cl2N2OS/c1-8-3-4-10(14)13(12(8)15)17-11(18)7-19-9(2)5-6-16/h3-4,9H,5-7,16H2,1-2H3,(H,17,18). The van der Waals surface area contributed by atoms with Crippen molar-refractivity contribution in [3.05, 3.63) is 27.7 Å². The summed E-state index contributed by atoms with van der Waals surface area (Å²) in [6.07, 6.45) is 0.893. The number of amides is 1. The zero-order valence-electron chi connectivity index (χ0n) is 11.0. The van der Waals surface area contributed by atoms with Gasteiger partial charge in [0, 0.05) is 5.25 Å². The number of aryl methyl sites for hydroxylation is 1. The Hall–Kier alpha value is -0.420. The summed E-state index contributed by atoms with van der Waals surface area (Å²) in [5, 5.41) is 4.06. The molecule has 0 radical (unpaired) electrons. The van der Waals surface area contributed by atoms with E-state index >= 15 is 0 Å². The number of carbonyl (C=O) groups excluding carboxylic acids is 1. The molecule has 1 amide bonds. The average molecular weight is 321 g/mol. The van der Waals surface area contributed by atoms with Gasteiger partial charge in [-0.2, -0.15) is 0 Å². The molecule has 0 aliphatic carbocycles. The molecule has 1 aromatic rings. The molecular weight excluding hydrogens is 303 g/mol. The number of anilines is 1. The van der Waals surface area contributed by atoms with E-state index in [9.17, 15) is 4.79 Å². The van der Waals surface area contributed by atoms with Crippen LogP contribution in [0.15, 0.2) is 12.1 Å². The van der Waals surface area contributed by atoms with Crippen LogP contribution in [0.4, 0.5) is 5.69 Å². The summed E-state index contributed by atoms with van der Waals surface area (Å²) in [6, 6.07) is 3.54. The van der Waals surface area contributed by atoms with Crippen LogP contribution >= 0.6 is 35.0 Å². The first-order chi connectivity index (χ1) is 8.95. The molecule has 0 fully saturated rings. The van der Waals surface area contributed by atoms with E-state index in [1.165, 1.54) is 0 Å². The third kappa shape index (κ3) is 5.22. The first-order valence-electron chi connectivity index (χ1n) is 6.01. The molecule has 0 heterocycles. The van der Waals surface area contributed by atoms with Crippen molar-refractivity contribution >= 4 is 46.6 Å². The monoisotopic (exact) mass is 320 g/mol. The molecule has 106 valence electrons. The van der Waals surface area contributed by atoms with Crippen molar-refractivity contribution in [2.75, 3.05) is 17.6 Å². The summed E-state index contributed by atoms with van der Waals surface area (Å²) >= 11 is 13.7. The van der Waals surface area contributed by atoms with Crippen LogP contribution in [-0.4, -0.2) is 23.5 Å². The number of nitrogens with two attached hydrogens (primary N) is 1. The van der Waals surface area contributed by atoms with Crippen LogP contribution in [-0.2, 0) is 4.79 Å². The van der Waals surface area contributed by atoms with E-state index in [1.54, 1.807) is 17.8 Å². The minimum absolute atomic E-state index is 0.108. The van der Waals surface area contributed by atoms with Crippen molar-refractivity contribution in [2.45, 2.75) is 25.5 Å². The smallest absolute Gasteiger partial charge is 0.234 e. The first kappa shape index (κ1) is 16.6. The van der Waals surface area contributed by atoms with Gasteiger partial charge in [0.25, 0.3) is 0 Å². The SMILES string of the molecule is Cc1ccc(Cl)c(NC(=O)CSC(C)CCN)c1Cl. The Balaban J connectivity index is 2.60. The molecule has 19 heavy (non-hydrogen) atoms. The molecule has 0 aromatic heterocycles. The largest absolute Gasteiger partial charge is 0.330 e. The van der Waals surface area contributed by atoms with Crippen molar-refractivity contribution in [1.29, 1.82) is 0 Å². The zero-order valence-corrected chi connectivity index (χ0v) is 13.3. The Morgan fingerprint density at radius 2 is 2.16 bits per heavy atom. The van der Waals surface area contributed by atoms with E-state index in [4.69, 9.17) is 28.9 Å². The molecule has 0 aliphatic heterocycles. The number of halogens is 2. The number of hydrogen-bond donors (Lipinski definition) is 2. The van der Waals surface area contributed by atoms with Crippen LogP contribution in [0.2, 0.25) is 10.0 Å². The Morgan fingerprint density at radius 1 is 1.47 bits per heavy atom. The van der Waals surface area contributed by atoms with Crippen LogP contribution in [0.3, 0.4) is 0 Å². The predicted octanol–water partition coefficient (Wildman–Crippen LogP) is 3.71. The van der Waals surface area contributed by atoms with Gasteiger partial charge in [-0.05, 0) is 31.5 Å². The molecule has 3 nitrogen and oxygen atoms in total. The van der Waals surface area contributed by atoms with E-state index in [2.05, 4.69) is 12.2 Å². The second kappa shape index (κ2) is 8.00. The van der Waals surface area contributed by atoms with Gasteiger partial charge in [-0.1, -0.05) is 36.2 Å². The van der Waals surface area contributed by atoms with Crippen molar-refractivity contribution in [3.8, 4) is 0 Å². The predicted molar refractivity (Wildman–Crippen MR) is 85.4 cm³/mol. The lowest BCUT2D eigenvalue weighted by atomic mass is 10.2. The van der Waals surface area contributed by atoms with Crippen LogP contribution < -0.4 is 11.1 Å². The van der Waals surface area contributed by atoms with E-state index in [-0.39, 0.29) is 5.91 Å². The Kier molecular flexibility index (Phi) is 7.00. The summed E-state index contributed by atoms with van der Waals surface area (Å²) < 4.78 is 0. The van der Waals surface area contributed by atoms with Crippen LogP contribution in [0.5, 0.6) is 0 Å². The van der Waals surface area contributed by atoms with E-state index in [0.717, 1.165) is 12.0 Å². The summed E-state index contributed by atoms with van der Waals surface area (Å²) in [7, 11) is 0. The second-order valence-electron chi connectivity index (χ2n) is 4.30. The van der Waals surface area contributed by atoms with Gasteiger partial charge in [0.1, 0.15) is 0 Å². The van der Waals surface area contributed by atoms with Gasteiger partial charge in [-0.3, -0.25) is 4.79 Å². The summed E-state index contributed by atoms with van der Waals surface area (Å²) in [5.41, 5.74) is 6.83. The maximum atomic E-state index is 11.9. The Morgan fingerprint density at radius 3 is 2.79 bits per heavy atom. The van der Waals surface area contributed by atoms with Gasteiger partial charge < -0.3 is 11.1 Å². The number of hydrogen-bond acceptors (Lipinski definition) is 3. The molecule has 0 aliphatic rings. The molecule has 0 spiro atoms. The summed E-state index contributed by atoms with van der Waals surface area (Å²) in [4.78, 5) is 11.9. The number of thioether (sulfide) groups is 1. The number of carbonyl (C=O) groups is 1. The fourth-order valence-corrected chi connectivity index (χ4v) is 2.76. The highest BCUT2D eigenvalue weighted by Crippen LogP contribution is 2.33. The molecule has 1 rings (SSSR count). The van der Waals surface area contributed by atoms with Crippen molar-refractivity contribution in [1.82, 2.24) is 0 Å². The topological polar surface area (TPSA) is 55.1 Å². The molecule has 0 saturated carbocycles. The molecule has 6 heteroatoms. The molecule has 1 aromatic carbocycles. The molecule has 1 unspecified atom stereocenters. The second-order valence-corrected chi connectivity index (χ2v) is 6.51.